The Kier molecular flexibility index (Phi) is 3.93. The monoisotopic (exact) mass is 299 g/mol. The quantitative estimate of drug-likeness (QED) is 0.845. The lowest BCUT2D eigenvalue weighted by molar-refractivity contribution is -0.115. The molecule has 1 amide bonds. The van der Waals surface area contributed by atoms with Crippen molar-refractivity contribution in [3.8, 4) is 5.88 Å². The number of nitrogens with one attached hydrogen (secondary N) is 1. The molecule has 1 aromatic rings. The van der Waals surface area contributed by atoms with Crippen LogP contribution in [0.25, 0.3) is 0 Å². The number of aromatic nitrogens is 2. The summed E-state index contributed by atoms with van der Waals surface area (Å²) in [5, 5.41) is 10.4. The van der Waals surface area contributed by atoms with Gasteiger partial charge >= 0.3 is 0 Å². The van der Waals surface area contributed by atoms with E-state index >= 15 is 0 Å². The summed E-state index contributed by atoms with van der Waals surface area (Å²) in [5.41, 5.74) is 0. The molecule has 0 saturated heterocycles. The van der Waals surface area contributed by atoms with Crippen molar-refractivity contribution in [1.29, 1.82) is 0 Å². The zero-order valence-corrected chi connectivity index (χ0v) is 11.1. The number of amides is 1. The van der Waals surface area contributed by atoms with E-state index in [1.807, 2.05) is 0 Å². The number of halogens is 1. The van der Waals surface area contributed by atoms with Gasteiger partial charge in [0.25, 0.3) is 0 Å². The van der Waals surface area contributed by atoms with Crippen LogP contribution in [0.15, 0.2) is 12.1 Å². The van der Waals surface area contributed by atoms with Gasteiger partial charge in [0.1, 0.15) is 0 Å². The van der Waals surface area contributed by atoms with E-state index in [2.05, 4.69) is 31.4 Å². The Morgan fingerprint density at radius 3 is 2.88 bits per heavy atom. The highest BCUT2D eigenvalue weighted by atomic mass is 79.9. The summed E-state index contributed by atoms with van der Waals surface area (Å²) in [5.74, 6) is 1.47. The van der Waals surface area contributed by atoms with Crippen LogP contribution >= 0.6 is 15.9 Å². The third kappa shape index (κ3) is 3.96. The number of carbonyl (C=O) groups excluding carboxylic acids is 1. The van der Waals surface area contributed by atoms with Crippen molar-refractivity contribution in [3.05, 3.63) is 12.1 Å². The van der Waals surface area contributed by atoms with Crippen LogP contribution in [0.3, 0.4) is 0 Å². The van der Waals surface area contributed by atoms with Crippen LogP contribution in [-0.4, -0.2) is 27.5 Å². The summed E-state index contributed by atoms with van der Waals surface area (Å²) in [6.07, 6.45) is 2.48. The van der Waals surface area contributed by atoms with Crippen molar-refractivity contribution in [2.45, 2.75) is 24.6 Å². The predicted molar refractivity (Wildman–Crippen MR) is 67.3 cm³/mol. The van der Waals surface area contributed by atoms with Crippen molar-refractivity contribution in [3.63, 3.8) is 0 Å². The van der Waals surface area contributed by atoms with E-state index in [1.165, 1.54) is 12.8 Å². The predicted octanol–water partition coefficient (Wildman–Crippen LogP) is 1.99. The minimum atomic E-state index is -0.255. The summed E-state index contributed by atoms with van der Waals surface area (Å²) in [6, 6.07) is 3.40. The summed E-state index contributed by atoms with van der Waals surface area (Å²) < 4.78 is 5.44. The summed E-state index contributed by atoms with van der Waals surface area (Å²) in [7, 11) is 0. The second-order valence-electron chi connectivity index (χ2n) is 4.12. The molecule has 1 atom stereocenters. The molecule has 0 aromatic carbocycles. The van der Waals surface area contributed by atoms with Gasteiger partial charge in [0.2, 0.25) is 11.8 Å². The molecule has 6 heteroatoms. The summed E-state index contributed by atoms with van der Waals surface area (Å²) >= 11 is 3.17. The Balaban J connectivity index is 1.85. The molecule has 17 heavy (non-hydrogen) atoms. The van der Waals surface area contributed by atoms with Crippen molar-refractivity contribution in [1.82, 2.24) is 10.2 Å². The molecular formula is C11H14BrN3O2. The number of hydrogen-bond donors (Lipinski definition) is 1. The zero-order chi connectivity index (χ0) is 12.3. The molecule has 1 aliphatic carbocycles. The highest BCUT2D eigenvalue weighted by Crippen LogP contribution is 2.29. The molecule has 5 nitrogen and oxygen atoms in total. The molecule has 92 valence electrons. The second kappa shape index (κ2) is 5.44. The summed E-state index contributed by atoms with van der Waals surface area (Å²) in [4.78, 5) is 11.1. The van der Waals surface area contributed by atoms with Crippen molar-refractivity contribution < 1.29 is 9.53 Å². The highest BCUT2D eigenvalue weighted by Gasteiger charge is 2.22. The molecule has 1 aliphatic rings. The molecule has 0 spiro atoms. The van der Waals surface area contributed by atoms with Gasteiger partial charge in [0.15, 0.2) is 5.82 Å². The van der Waals surface area contributed by atoms with Gasteiger partial charge in [0.05, 0.1) is 11.4 Å². The standard InChI is InChI=1S/C11H14BrN3O2/c1-7(12)11(16)13-9-4-5-10(15-14-9)17-6-8-2-3-8/h4-5,7-8H,2-3,6H2,1H3,(H,13,14,16)/t7-/m1/s1. The average molecular weight is 300 g/mol. The number of rotatable bonds is 5. The van der Waals surface area contributed by atoms with Gasteiger partial charge in [-0.3, -0.25) is 4.79 Å². The molecule has 1 aromatic heterocycles. The molecular weight excluding hydrogens is 286 g/mol. The van der Waals surface area contributed by atoms with E-state index in [9.17, 15) is 4.79 Å². The first kappa shape index (κ1) is 12.3. The SMILES string of the molecule is C[C@@H](Br)C(=O)Nc1ccc(OCC2CC2)nn1. The number of nitrogens with zero attached hydrogens (tertiary/aromatic N) is 2. The van der Waals surface area contributed by atoms with Gasteiger partial charge in [-0.15, -0.1) is 10.2 Å². The molecule has 0 radical (unpaired) electrons. The molecule has 2 rings (SSSR count). The van der Waals surface area contributed by atoms with Gasteiger partial charge in [-0.05, 0) is 31.7 Å². The third-order valence-electron chi connectivity index (χ3n) is 2.42. The fraction of sp³-hybridized carbons (Fsp3) is 0.545. The molecule has 0 aliphatic heterocycles. The Labute approximate surface area is 108 Å². The van der Waals surface area contributed by atoms with Gasteiger partial charge in [-0.1, -0.05) is 15.9 Å². The van der Waals surface area contributed by atoms with E-state index in [-0.39, 0.29) is 10.7 Å². The first-order valence-corrected chi connectivity index (χ1v) is 6.48. The lowest BCUT2D eigenvalue weighted by atomic mass is 10.4. The van der Waals surface area contributed by atoms with Crippen LogP contribution < -0.4 is 10.1 Å². The lowest BCUT2D eigenvalue weighted by Gasteiger charge is -2.06. The van der Waals surface area contributed by atoms with Gasteiger partial charge < -0.3 is 10.1 Å². The first-order chi connectivity index (χ1) is 8.15. The fourth-order valence-electron chi connectivity index (χ4n) is 1.18. The normalized spacial score (nSPS) is 16.4. The number of ether oxygens (including phenoxy) is 1. The number of alkyl halides is 1. The second-order valence-corrected chi connectivity index (χ2v) is 5.49. The Morgan fingerprint density at radius 2 is 2.35 bits per heavy atom. The maximum atomic E-state index is 11.4. The topological polar surface area (TPSA) is 64.1 Å². The van der Waals surface area contributed by atoms with E-state index in [0.29, 0.717) is 24.2 Å². The Morgan fingerprint density at radius 1 is 1.59 bits per heavy atom. The maximum absolute atomic E-state index is 11.4. The Hall–Kier alpha value is -1.17. The highest BCUT2D eigenvalue weighted by molar-refractivity contribution is 9.10. The van der Waals surface area contributed by atoms with Crippen LogP contribution in [0.5, 0.6) is 5.88 Å². The summed E-state index contributed by atoms with van der Waals surface area (Å²) in [6.45, 7) is 2.45. The van der Waals surface area contributed by atoms with Crippen LogP contribution in [-0.2, 0) is 4.79 Å². The van der Waals surface area contributed by atoms with E-state index in [0.717, 1.165) is 0 Å². The minimum absolute atomic E-state index is 0.147. The molecule has 1 fully saturated rings. The molecule has 0 unspecified atom stereocenters. The van der Waals surface area contributed by atoms with Gasteiger partial charge in [-0.2, -0.15) is 0 Å². The van der Waals surface area contributed by atoms with Crippen molar-refractivity contribution in [2.75, 3.05) is 11.9 Å². The van der Waals surface area contributed by atoms with Crippen LogP contribution in [0.2, 0.25) is 0 Å². The molecule has 0 bridgehead atoms. The largest absolute Gasteiger partial charge is 0.476 e. The minimum Gasteiger partial charge on any atom is -0.476 e. The van der Waals surface area contributed by atoms with E-state index in [1.54, 1.807) is 19.1 Å². The maximum Gasteiger partial charge on any atom is 0.239 e. The number of hydrogen-bond acceptors (Lipinski definition) is 4. The van der Waals surface area contributed by atoms with Crippen molar-refractivity contribution in [2.24, 2.45) is 5.92 Å². The van der Waals surface area contributed by atoms with Gasteiger partial charge in [-0.25, -0.2) is 0 Å². The van der Waals surface area contributed by atoms with Crippen LogP contribution in [0.1, 0.15) is 19.8 Å². The number of carbonyl (C=O) groups is 1. The molecule has 1 saturated carbocycles. The average Bonchev–Trinajstić information content (AvgIpc) is 3.12. The zero-order valence-electron chi connectivity index (χ0n) is 9.52. The van der Waals surface area contributed by atoms with Crippen LogP contribution in [0, 0.1) is 5.92 Å². The van der Waals surface area contributed by atoms with Gasteiger partial charge in [0, 0.05) is 6.07 Å². The van der Waals surface area contributed by atoms with Crippen LogP contribution in [0.4, 0.5) is 5.82 Å². The third-order valence-corrected chi connectivity index (χ3v) is 2.83. The molecule has 1 heterocycles. The first-order valence-electron chi connectivity index (χ1n) is 5.56. The van der Waals surface area contributed by atoms with E-state index in [4.69, 9.17) is 4.74 Å². The van der Waals surface area contributed by atoms with E-state index < -0.39 is 0 Å². The molecule has 1 N–H and O–H groups in total. The Bertz CT molecular complexity index is 390. The number of anilines is 1. The lowest BCUT2D eigenvalue weighted by Crippen LogP contribution is -2.20. The fourth-order valence-corrected chi connectivity index (χ4v) is 1.29. The smallest absolute Gasteiger partial charge is 0.239 e. The van der Waals surface area contributed by atoms with Crippen molar-refractivity contribution >= 4 is 27.7 Å².